The number of rotatable bonds is 11. The van der Waals surface area contributed by atoms with Gasteiger partial charge in [-0.1, -0.05) is 38.2 Å². The molecule has 0 bridgehead atoms. The zero-order valence-corrected chi connectivity index (χ0v) is 33.0. The van der Waals surface area contributed by atoms with Crippen LogP contribution in [0.4, 0.5) is 0 Å². The second kappa shape index (κ2) is 20.8. The maximum Gasteiger partial charge on any atom is 0.308 e. The molecule has 16 atom stereocenters. The molecule has 0 amide bonds. The number of likely N-dealkylation sites (N-methyl/N-ethyl adjacent to an activating group) is 1. The van der Waals surface area contributed by atoms with Crippen molar-refractivity contribution < 1.29 is 58.1 Å². The van der Waals surface area contributed by atoms with Gasteiger partial charge in [-0.05, 0) is 73.9 Å². The predicted molar refractivity (Wildman–Crippen MR) is 194 cm³/mol. The van der Waals surface area contributed by atoms with E-state index in [1.165, 1.54) is 0 Å². The summed E-state index contributed by atoms with van der Waals surface area (Å²) in [4.78, 5) is 27.2. The standard InChI is InChI=1S/C39H67NO12/c1-11-46-30-21-31(43)48-24(4)14-13-15-29(42)17-16-23(3)20-28(18-19-41)35(25(30)5)52-38-34(44)33(40(9)10)36(26(6)50-38)51-32-22-39(8,45)37(47-12-2)27(7)49-32/h13,15-17,19,23-30,32-38,42,44-45H,11-12,14,18,20-22H2,1-10H3. The lowest BCUT2D eigenvalue weighted by atomic mass is 9.80. The van der Waals surface area contributed by atoms with E-state index in [9.17, 15) is 24.9 Å². The number of aldehydes is 1. The molecule has 3 heterocycles. The molecule has 13 heteroatoms. The Morgan fingerprint density at radius 1 is 0.962 bits per heavy atom. The van der Waals surface area contributed by atoms with Crippen molar-refractivity contribution in [2.75, 3.05) is 27.3 Å². The Bertz CT molecular complexity index is 1150. The van der Waals surface area contributed by atoms with E-state index in [0.717, 1.165) is 6.29 Å². The lowest BCUT2D eigenvalue weighted by molar-refractivity contribution is -0.343. The highest BCUT2D eigenvalue weighted by molar-refractivity contribution is 5.70. The minimum atomic E-state index is -1.20. The van der Waals surface area contributed by atoms with Crippen molar-refractivity contribution in [1.29, 1.82) is 0 Å². The van der Waals surface area contributed by atoms with Gasteiger partial charge in [-0.3, -0.25) is 4.79 Å². The fourth-order valence-electron chi connectivity index (χ4n) is 7.92. The van der Waals surface area contributed by atoms with Crippen LogP contribution in [0.3, 0.4) is 0 Å². The van der Waals surface area contributed by atoms with E-state index >= 15 is 0 Å². The second-order valence-corrected chi connectivity index (χ2v) is 15.3. The average molecular weight is 742 g/mol. The number of hydrogen-bond acceptors (Lipinski definition) is 13. The van der Waals surface area contributed by atoms with E-state index in [1.54, 1.807) is 32.1 Å². The summed E-state index contributed by atoms with van der Waals surface area (Å²) in [5.41, 5.74) is -1.20. The summed E-state index contributed by atoms with van der Waals surface area (Å²) in [5.74, 6) is -1.27. The van der Waals surface area contributed by atoms with Crippen molar-refractivity contribution in [3.63, 3.8) is 0 Å². The number of aliphatic hydroxyl groups is 3. The molecule has 0 aromatic heterocycles. The van der Waals surface area contributed by atoms with Gasteiger partial charge in [0.1, 0.15) is 30.7 Å². The molecule has 52 heavy (non-hydrogen) atoms. The number of esters is 1. The molecule has 2 fully saturated rings. The molecule has 2 saturated heterocycles. The van der Waals surface area contributed by atoms with E-state index in [4.69, 9.17) is 33.2 Å². The zero-order valence-electron chi connectivity index (χ0n) is 33.0. The van der Waals surface area contributed by atoms with Gasteiger partial charge in [-0.25, -0.2) is 0 Å². The largest absolute Gasteiger partial charge is 0.462 e. The van der Waals surface area contributed by atoms with E-state index in [2.05, 4.69) is 0 Å². The number of carbonyl (C=O) groups is 2. The van der Waals surface area contributed by atoms with Gasteiger partial charge in [0.25, 0.3) is 0 Å². The molecule has 3 aliphatic rings. The van der Waals surface area contributed by atoms with E-state index in [1.807, 2.05) is 66.6 Å². The SMILES string of the molecule is CCOC1CC(=O)OC(C)CC=CC(O)C=CC(C)CC(CC=O)C(OC2OC(C)C(OC3CC(C)(O)C(OCC)C(C)O3)C(N(C)C)C2O)C1C. The van der Waals surface area contributed by atoms with Crippen LogP contribution >= 0.6 is 0 Å². The Morgan fingerprint density at radius 3 is 2.27 bits per heavy atom. The van der Waals surface area contributed by atoms with Crippen LogP contribution in [0.25, 0.3) is 0 Å². The smallest absolute Gasteiger partial charge is 0.308 e. The molecule has 13 nitrogen and oxygen atoms in total. The molecule has 0 aliphatic carbocycles. The van der Waals surface area contributed by atoms with E-state index in [0.29, 0.717) is 26.1 Å². The molecular weight excluding hydrogens is 674 g/mol. The number of allylic oxidation sites excluding steroid dienone is 1. The van der Waals surface area contributed by atoms with Crippen LogP contribution in [0.15, 0.2) is 24.3 Å². The molecule has 0 saturated carbocycles. The Hall–Kier alpha value is -1.78. The number of nitrogens with zero attached hydrogens (tertiary/aromatic N) is 1. The van der Waals surface area contributed by atoms with Crippen LogP contribution in [-0.2, 0) is 42.7 Å². The maximum absolute atomic E-state index is 13.2. The summed E-state index contributed by atoms with van der Waals surface area (Å²) >= 11 is 0. The second-order valence-electron chi connectivity index (χ2n) is 15.3. The van der Waals surface area contributed by atoms with Gasteiger partial charge >= 0.3 is 5.97 Å². The number of carbonyl (C=O) groups excluding carboxylic acids is 2. The summed E-state index contributed by atoms with van der Waals surface area (Å²) < 4.78 is 43.5. The van der Waals surface area contributed by atoms with Crippen molar-refractivity contribution in [3.8, 4) is 0 Å². The van der Waals surface area contributed by atoms with Crippen LogP contribution in [0, 0.1) is 17.8 Å². The first-order chi connectivity index (χ1) is 24.5. The molecule has 0 spiro atoms. The summed E-state index contributed by atoms with van der Waals surface area (Å²) in [6.45, 7) is 15.6. The van der Waals surface area contributed by atoms with E-state index in [-0.39, 0.29) is 31.1 Å². The highest BCUT2D eigenvalue weighted by atomic mass is 16.7. The molecule has 3 rings (SSSR count). The first-order valence-electron chi connectivity index (χ1n) is 19.1. The maximum atomic E-state index is 13.2. The van der Waals surface area contributed by atoms with Gasteiger partial charge < -0.3 is 58.2 Å². The summed E-state index contributed by atoms with van der Waals surface area (Å²) in [5, 5.41) is 33.7. The molecule has 300 valence electrons. The van der Waals surface area contributed by atoms with Crippen molar-refractivity contribution in [1.82, 2.24) is 4.90 Å². The minimum Gasteiger partial charge on any atom is -0.462 e. The lowest BCUT2D eigenvalue weighted by Crippen LogP contribution is -2.65. The lowest BCUT2D eigenvalue weighted by Gasteiger charge is -2.50. The van der Waals surface area contributed by atoms with Crippen LogP contribution < -0.4 is 0 Å². The Kier molecular flexibility index (Phi) is 17.8. The van der Waals surface area contributed by atoms with Crippen LogP contribution in [0.5, 0.6) is 0 Å². The van der Waals surface area contributed by atoms with Gasteiger partial charge in [-0.15, -0.1) is 0 Å². The Balaban J connectivity index is 1.94. The third-order valence-electron chi connectivity index (χ3n) is 10.5. The molecule has 3 aliphatic heterocycles. The highest BCUT2D eigenvalue weighted by Crippen LogP contribution is 2.38. The van der Waals surface area contributed by atoms with Gasteiger partial charge in [0.2, 0.25) is 0 Å². The van der Waals surface area contributed by atoms with Crippen molar-refractivity contribution in [2.45, 2.75) is 167 Å². The van der Waals surface area contributed by atoms with Gasteiger partial charge in [0, 0.05) is 38.4 Å². The molecule has 16 unspecified atom stereocenters. The third-order valence-corrected chi connectivity index (χ3v) is 10.5. The first-order valence-corrected chi connectivity index (χ1v) is 19.1. The highest BCUT2D eigenvalue weighted by Gasteiger charge is 2.51. The predicted octanol–water partition coefficient (Wildman–Crippen LogP) is 3.56. The van der Waals surface area contributed by atoms with E-state index < -0.39 is 91.0 Å². The molecule has 3 N–H and O–H groups in total. The average Bonchev–Trinajstić information content (AvgIpc) is 3.05. The van der Waals surface area contributed by atoms with Crippen LogP contribution in [0.1, 0.15) is 87.5 Å². The van der Waals surface area contributed by atoms with Crippen molar-refractivity contribution in [2.24, 2.45) is 17.8 Å². The summed E-state index contributed by atoms with van der Waals surface area (Å²) in [6, 6.07) is -0.608. The Morgan fingerprint density at radius 2 is 1.65 bits per heavy atom. The molecular formula is C39H67NO12. The molecule has 0 aromatic carbocycles. The summed E-state index contributed by atoms with van der Waals surface area (Å²) in [7, 11) is 3.68. The normalized spacial score (nSPS) is 43.0. The number of cyclic esters (lactones) is 1. The topological polar surface area (TPSA) is 163 Å². The number of ether oxygens (including phenoxy) is 7. The Labute approximate surface area is 310 Å². The van der Waals surface area contributed by atoms with Gasteiger partial charge in [-0.2, -0.15) is 0 Å². The molecule has 0 radical (unpaired) electrons. The van der Waals surface area contributed by atoms with Gasteiger partial charge in [0.15, 0.2) is 12.6 Å². The monoisotopic (exact) mass is 741 g/mol. The summed E-state index contributed by atoms with van der Waals surface area (Å²) in [6.07, 6.45) is 1.29. The minimum absolute atomic E-state index is 0.0384. The van der Waals surface area contributed by atoms with Crippen molar-refractivity contribution in [3.05, 3.63) is 24.3 Å². The van der Waals surface area contributed by atoms with Crippen LogP contribution in [-0.4, -0.2) is 139 Å². The van der Waals surface area contributed by atoms with Crippen LogP contribution in [0.2, 0.25) is 0 Å². The third kappa shape index (κ3) is 12.4. The number of hydrogen-bond donors (Lipinski definition) is 3. The quantitative estimate of drug-likeness (QED) is 0.160. The molecule has 0 aromatic rings. The van der Waals surface area contributed by atoms with Crippen molar-refractivity contribution >= 4 is 12.3 Å². The fourth-order valence-corrected chi connectivity index (χ4v) is 7.92. The zero-order chi connectivity index (χ0) is 38.7. The first kappa shape index (κ1) is 44.6. The number of aliphatic hydroxyl groups excluding tert-OH is 2. The fraction of sp³-hybridized carbons (Fsp3) is 0.846. The van der Waals surface area contributed by atoms with Gasteiger partial charge in [0.05, 0.1) is 48.6 Å².